The number of carbonyl (C=O) groups is 2. The number of nitrogens with zero attached hydrogens (tertiary/aromatic N) is 2. The number of aromatic nitrogens is 2. The fraction of sp³-hybridized carbons (Fsp3) is 0.412. The van der Waals surface area contributed by atoms with Gasteiger partial charge in [-0.05, 0) is 25.5 Å². The van der Waals surface area contributed by atoms with E-state index in [1.807, 2.05) is 13.8 Å². The Labute approximate surface area is 140 Å². The first-order valence-corrected chi connectivity index (χ1v) is 8.01. The van der Waals surface area contributed by atoms with Gasteiger partial charge in [-0.3, -0.25) is 19.0 Å². The van der Waals surface area contributed by atoms with Crippen molar-refractivity contribution in [1.29, 1.82) is 0 Å². The van der Waals surface area contributed by atoms with Crippen molar-refractivity contribution in [3.8, 4) is 0 Å². The van der Waals surface area contributed by atoms with Gasteiger partial charge in [0.1, 0.15) is 6.54 Å². The molecule has 7 nitrogen and oxygen atoms in total. The van der Waals surface area contributed by atoms with E-state index in [0.717, 1.165) is 6.42 Å². The minimum absolute atomic E-state index is 0.103. The van der Waals surface area contributed by atoms with E-state index < -0.39 is 0 Å². The zero-order valence-electron chi connectivity index (χ0n) is 13.9. The van der Waals surface area contributed by atoms with E-state index in [-0.39, 0.29) is 42.9 Å². The molecule has 0 aliphatic carbocycles. The van der Waals surface area contributed by atoms with Crippen molar-refractivity contribution in [1.82, 2.24) is 20.2 Å². The molecule has 24 heavy (non-hydrogen) atoms. The van der Waals surface area contributed by atoms with Gasteiger partial charge in [0, 0.05) is 19.0 Å². The predicted molar refractivity (Wildman–Crippen MR) is 91.5 cm³/mol. The highest BCUT2D eigenvalue weighted by Crippen LogP contribution is 2.04. The van der Waals surface area contributed by atoms with Crippen molar-refractivity contribution < 1.29 is 9.59 Å². The van der Waals surface area contributed by atoms with Gasteiger partial charge >= 0.3 is 0 Å². The fourth-order valence-electron chi connectivity index (χ4n) is 2.19. The topological polar surface area (TPSA) is 93.1 Å². The second-order valence-electron chi connectivity index (χ2n) is 5.67. The van der Waals surface area contributed by atoms with Crippen LogP contribution in [0.1, 0.15) is 26.7 Å². The van der Waals surface area contributed by atoms with Gasteiger partial charge in [-0.15, -0.1) is 0 Å². The zero-order valence-corrected chi connectivity index (χ0v) is 13.9. The second kappa shape index (κ2) is 8.24. The van der Waals surface area contributed by atoms with Gasteiger partial charge < -0.3 is 10.6 Å². The van der Waals surface area contributed by atoms with Gasteiger partial charge in [0.2, 0.25) is 11.8 Å². The second-order valence-corrected chi connectivity index (χ2v) is 5.67. The maximum absolute atomic E-state index is 12.3. The van der Waals surface area contributed by atoms with E-state index >= 15 is 0 Å². The Bertz CT molecular complexity index is 785. The molecule has 0 bridgehead atoms. The minimum Gasteiger partial charge on any atom is -0.354 e. The van der Waals surface area contributed by atoms with Crippen molar-refractivity contribution in [2.75, 3.05) is 6.54 Å². The Morgan fingerprint density at radius 3 is 2.75 bits per heavy atom. The molecule has 0 aliphatic rings. The Balaban J connectivity index is 1.88. The van der Waals surface area contributed by atoms with Crippen LogP contribution in [0.2, 0.25) is 0 Å². The highest BCUT2D eigenvalue weighted by Gasteiger charge is 2.09. The van der Waals surface area contributed by atoms with Gasteiger partial charge in [-0.2, -0.15) is 0 Å². The zero-order chi connectivity index (χ0) is 17.5. The Kier molecular flexibility index (Phi) is 6.06. The molecule has 7 heteroatoms. The summed E-state index contributed by atoms with van der Waals surface area (Å²) in [4.78, 5) is 40.0. The number of benzene rings is 1. The highest BCUT2D eigenvalue weighted by molar-refractivity contribution is 5.80. The van der Waals surface area contributed by atoms with Crippen LogP contribution in [0, 0.1) is 0 Å². The van der Waals surface area contributed by atoms with Gasteiger partial charge in [0.15, 0.2) is 0 Å². The van der Waals surface area contributed by atoms with Gasteiger partial charge in [0.05, 0.1) is 17.2 Å². The van der Waals surface area contributed by atoms with E-state index in [4.69, 9.17) is 0 Å². The van der Waals surface area contributed by atoms with Crippen molar-refractivity contribution in [3.63, 3.8) is 0 Å². The molecule has 2 amide bonds. The van der Waals surface area contributed by atoms with Crippen LogP contribution in [0.15, 0.2) is 35.4 Å². The molecule has 0 fully saturated rings. The van der Waals surface area contributed by atoms with Crippen LogP contribution in [0.25, 0.3) is 10.9 Å². The number of fused-ring (bicyclic) bond motifs is 1. The van der Waals surface area contributed by atoms with Crippen molar-refractivity contribution >= 4 is 22.7 Å². The lowest BCUT2D eigenvalue weighted by atomic mass is 10.2. The molecule has 0 radical (unpaired) electrons. The third-order valence-corrected chi connectivity index (χ3v) is 3.74. The number of amides is 2. The molecule has 0 saturated heterocycles. The van der Waals surface area contributed by atoms with Gasteiger partial charge in [0.25, 0.3) is 5.56 Å². The van der Waals surface area contributed by atoms with E-state index in [0.29, 0.717) is 10.9 Å². The fourth-order valence-corrected chi connectivity index (χ4v) is 2.19. The Morgan fingerprint density at radius 2 is 2.00 bits per heavy atom. The number of rotatable bonds is 7. The van der Waals surface area contributed by atoms with Crippen LogP contribution in [-0.4, -0.2) is 34.0 Å². The first-order chi connectivity index (χ1) is 11.5. The summed E-state index contributed by atoms with van der Waals surface area (Å²) in [7, 11) is 0. The third kappa shape index (κ3) is 4.65. The minimum atomic E-state index is -0.328. The van der Waals surface area contributed by atoms with Crippen LogP contribution in [0.5, 0.6) is 0 Å². The molecule has 128 valence electrons. The third-order valence-electron chi connectivity index (χ3n) is 3.74. The molecule has 0 saturated carbocycles. The highest BCUT2D eigenvalue weighted by atomic mass is 16.2. The molecule has 2 N–H and O–H groups in total. The lowest BCUT2D eigenvalue weighted by Gasteiger charge is -2.11. The molecule has 0 unspecified atom stereocenters. The Hall–Kier alpha value is -2.70. The summed E-state index contributed by atoms with van der Waals surface area (Å²) < 4.78 is 1.26. The molecule has 1 atom stereocenters. The van der Waals surface area contributed by atoms with Crippen LogP contribution in [0.3, 0.4) is 0 Å². The molecule has 0 spiro atoms. The molecule has 0 aliphatic heterocycles. The predicted octanol–water partition coefficient (Wildman–Crippen LogP) is 0.817. The lowest BCUT2D eigenvalue weighted by molar-refractivity contribution is -0.123. The number of hydrogen-bond donors (Lipinski definition) is 2. The average Bonchev–Trinajstić information content (AvgIpc) is 2.57. The molecular weight excluding hydrogens is 308 g/mol. The number of para-hydroxylation sites is 1. The van der Waals surface area contributed by atoms with Crippen LogP contribution in [0.4, 0.5) is 0 Å². The molecule has 2 aromatic rings. The van der Waals surface area contributed by atoms with Gasteiger partial charge in [-0.25, -0.2) is 4.98 Å². The van der Waals surface area contributed by atoms with E-state index in [9.17, 15) is 14.4 Å². The van der Waals surface area contributed by atoms with Crippen LogP contribution in [-0.2, 0) is 16.1 Å². The van der Waals surface area contributed by atoms with E-state index in [1.165, 1.54) is 10.9 Å². The molecular formula is C17H22N4O3. The normalized spacial score (nSPS) is 11.9. The van der Waals surface area contributed by atoms with Crippen LogP contribution >= 0.6 is 0 Å². The standard InChI is InChI=1S/C17H22N4O3/c1-3-12(2)20-15(22)8-9-18-16(23)10-21-11-19-14-7-5-4-6-13(14)17(21)24/h4-7,11-12H,3,8-10H2,1-2H3,(H,18,23)(H,20,22)/t12-/m1/s1. The van der Waals surface area contributed by atoms with Crippen LogP contribution < -0.4 is 16.2 Å². The molecule has 1 aromatic heterocycles. The molecule has 1 aromatic carbocycles. The summed E-state index contributed by atoms with van der Waals surface area (Å²) in [6.45, 7) is 4.03. The monoisotopic (exact) mass is 330 g/mol. The van der Waals surface area contributed by atoms with Crippen molar-refractivity contribution in [3.05, 3.63) is 40.9 Å². The van der Waals surface area contributed by atoms with Gasteiger partial charge in [-0.1, -0.05) is 19.1 Å². The van der Waals surface area contributed by atoms with Crippen molar-refractivity contribution in [2.45, 2.75) is 39.3 Å². The largest absolute Gasteiger partial charge is 0.354 e. The maximum atomic E-state index is 12.3. The quantitative estimate of drug-likeness (QED) is 0.786. The summed E-state index contributed by atoms with van der Waals surface area (Å²) >= 11 is 0. The SMILES string of the molecule is CC[C@@H](C)NC(=O)CCNC(=O)Cn1cnc2ccccc2c1=O. The average molecular weight is 330 g/mol. The summed E-state index contributed by atoms with van der Waals surface area (Å²) in [6, 6.07) is 7.10. The summed E-state index contributed by atoms with van der Waals surface area (Å²) in [5.41, 5.74) is 0.339. The smallest absolute Gasteiger partial charge is 0.261 e. The number of carbonyl (C=O) groups excluding carboxylic acids is 2. The Morgan fingerprint density at radius 1 is 1.25 bits per heavy atom. The molecule has 1 heterocycles. The number of hydrogen-bond acceptors (Lipinski definition) is 4. The van der Waals surface area contributed by atoms with Crippen molar-refractivity contribution in [2.24, 2.45) is 0 Å². The molecule has 2 rings (SSSR count). The van der Waals surface area contributed by atoms with E-state index in [1.54, 1.807) is 24.3 Å². The number of nitrogens with one attached hydrogen (secondary N) is 2. The first-order valence-electron chi connectivity index (χ1n) is 8.01. The summed E-state index contributed by atoms with van der Waals surface area (Å²) in [5, 5.41) is 5.94. The maximum Gasteiger partial charge on any atom is 0.261 e. The summed E-state index contributed by atoms with van der Waals surface area (Å²) in [5.74, 6) is -0.431. The lowest BCUT2D eigenvalue weighted by Crippen LogP contribution is -2.37. The first kappa shape index (κ1) is 17.7. The van der Waals surface area contributed by atoms with E-state index in [2.05, 4.69) is 15.6 Å². The summed E-state index contributed by atoms with van der Waals surface area (Å²) in [6.07, 6.45) is 2.43.